The minimum atomic E-state index is -0.0967. The average Bonchev–Trinajstić information content (AvgIpc) is 3.22. The van der Waals surface area contributed by atoms with Crippen molar-refractivity contribution in [3.8, 4) is 0 Å². The third-order valence-electron chi connectivity index (χ3n) is 4.94. The molecule has 0 atom stereocenters. The van der Waals surface area contributed by atoms with E-state index in [9.17, 15) is 9.59 Å². The SMILES string of the molecule is Cc1cc(C(=O)NC2CCN(C(=O)c3ccco3)CC2)c2ccccc2n1. The van der Waals surface area contributed by atoms with Crippen LogP contribution in [0, 0.1) is 6.92 Å². The molecule has 0 aliphatic carbocycles. The van der Waals surface area contributed by atoms with Gasteiger partial charge in [0.1, 0.15) is 0 Å². The van der Waals surface area contributed by atoms with E-state index in [0.29, 0.717) is 24.4 Å². The number of fused-ring (bicyclic) bond motifs is 1. The maximum absolute atomic E-state index is 12.8. The zero-order valence-corrected chi connectivity index (χ0v) is 15.1. The number of carbonyl (C=O) groups excluding carboxylic acids is 2. The molecule has 1 N–H and O–H groups in total. The molecule has 1 aliphatic heterocycles. The summed E-state index contributed by atoms with van der Waals surface area (Å²) in [5.74, 6) is 0.171. The summed E-state index contributed by atoms with van der Waals surface area (Å²) in [5, 5.41) is 3.97. The number of aryl methyl sites for hydroxylation is 1. The molecule has 0 radical (unpaired) electrons. The summed E-state index contributed by atoms with van der Waals surface area (Å²) in [6, 6.07) is 12.9. The topological polar surface area (TPSA) is 75.4 Å². The highest BCUT2D eigenvalue weighted by Gasteiger charge is 2.26. The number of amides is 2. The van der Waals surface area contributed by atoms with Gasteiger partial charge in [-0.15, -0.1) is 0 Å². The Morgan fingerprint density at radius 2 is 1.93 bits per heavy atom. The molecule has 2 amide bonds. The summed E-state index contributed by atoms with van der Waals surface area (Å²) in [4.78, 5) is 31.4. The largest absolute Gasteiger partial charge is 0.459 e. The Balaban J connectivity index is 1.42. The fraction of sp³-hybridized carbons (Fsp3) is 0.286. The third kappa shape index (κ3) is 3.56. The van der Waals surface area contributed by atoms with Crippen LogP contribution in [0.2, 0.25) is 0 Å². The number of furan rings is 1. The van der Waals surface area contributed by atoms with Crippen molar-refractivity contribution in [2.75, 3.05) is 13.1 Å². The van der Waals surface area contributed by atoms with E-state index in [2.05, 4.69) is 10.3 Å². The lowest BCUT2D eigenvalue weighted by molar-refractivity contribution is 0.0667. The maximum atomic E-state index is 12.8. The lowest BCUT2D eigenvalue weighted by Gasteiger charge is -2.32. The van der Waals surface area contributed by atoms with Gasteiger partial charge < -0.3 is 14.6 Å². The Bertz CT molecular complexity index is 974. The normalized spacial score (nSPS) is 15.1. The molecular weight excluding hydrogens is 342 g/mol. The van der Waals surface area contributed by atoms with E-state index in [1.165, 1.54) is 6.26 Å². The molecule has 2 aromatic heterocycles. The fourth-order valence-electron chi connectivity index (χ4n) is 3.54. The molecule has 6 heteroatoms. The van der Waals surface area contributed by atoms with Crippen LogP contribution in [0.4, 0.5) is 0 Å². The molecule has 1 saturated heterocycles. The predicted molar refractivity (Wildman–Crippen MR) is 102 cm³/mol. The Hall–Kier alpha value is -3.15. The van der Waals surface area contributed by atoms with Gasteiger partial charge in [-0.25, -0.2) is 0 Å². The van der Waals surface area contributed by atoms with Crippen LogP contribution >= 0.6 is 0 Å². The summed E-state index contributed by atoms with van der Waals surface area (Å²) in [7, 11) is 0. The minimum absolute atomic E-state index is 0.0467. The number of piperidine rings is 1. The van der Waals surface area contributed by atoms with Crippen molar-refractivity contribution in [3.63, 3.8) is 0 Å². The highest BCUT2D eigenvalue weighted by atomic mass is 16.3. The summed E-state index contributed by atoms with van der Waals surface area (Å²) in [6.07, 6.45) is 2.95. The molecular formula is C21H21N3O3. The monoisotopic (exact) mass is 363 g/mol. The highest BCUT2D eigenvalue weighted by molar-refractivity contribution is 6.06. The predicted octanol–water partition coefficient (Wildman–Crippen LogP) is 3.17. The standard InChI is InChI=1S/C21H21N3O3/c1-14-13-17(16-5-2-3-6-18(16)22-14)20(25)23-15-8-10-24(11-9-15)21(26)19-7-4-12-27-19/h2-7,12-13,15H,8-11H2,1H3,(H,23,25). The number of hydrogen-bond donors (Lipinski definition) is 1. The number of pyridine rings is 1. The van der Waals surface area contributed by atoms with Crippen LogP contribution in [0.15, 0.2) is 53.1 Å². The van der Waals surface area contributed by atoms with Crippen LogP contribution in [0.25, 0.3) is 10.9 Å². The van der Waals surface area contributed by atoms with Crippen molar-refractivity contribution >= 4 is 22.7 Å². The van der Waals surface area contributed by atoms with E-state index in [0.717, 1.165) is 29.4 Å². The van der Waals surface area contributed by atoms with E-state index in [4.69, 9.17) is 4.42 Å². The quantitative estimate of drug-likeness (QED) is 0.775. The second kappa shape index (κ2) is 7.23. The molecule has 0 saturated carbocycles. The lowest BCUT2D eigenvalue weighted by Crippen LogP contribution is -2.46. The van der Waals surface area contributed by atoms with Crippen molar-refractivity contribution in [3.05, 3.63) is 65.7 Å². The smallest absolute Gasteiger partial charge is 0.289 e. The van der Waals surface area contributed by atoms with Crippen molar-refractivity contribution in [2.45, 2.75) is 25.8 Å². The summed E-state index contributed by atoms with van der Waals surface area (Å²) in [5.41, 5.74) is 2.28. The van der Waals surface area contributed by atoms with Crippen molar-refractivity contribution < 1.29 is 14.0 Å². The maximum Gasteiger partial charge on any atom is 0.289 e. The number of benzene rings is 1. The van der Waals surface area contributed by atoms with E-state index in [1.54, 1.807) is 17.0 Å². The third-order valence-corrected chi connectivity index (χ3v) is 4.94. The first-order valence-corrected chi connectivity index (χ1v) is 9.12. The molecule has 27 heavy (non-hydrogen) atoms. The summed E-state index contributed by atoms with van der Waals surface area (Å²) in [6.45, 7) is 3.09. The molecule has 3 aromatic rings. The minimum Gasteiger partial charge on any atom is -0.459 e. The van der Waals surface area contributed by atoms with E-state index in [-0.39, 0.29) is 17.9 Å². The van der Waals surface area contributed by atoms with Crippen LogP contribution in [0.1, 0.15) is 39.4 Å². The number of nitrogens with one attached hydrogen (secondary N) is 1. The first kappa shape index (κ1) is 17.3. The molecule has 1 aromatic carbocycles. The molecule has 138 valence electrons. The van der Waals surface area contributed by atoms with Gasteiger partial charge >= 0.3 is 0 Å². The van der Waals surface area contributed by atoms with E-state index in [1.807, 2.05) is 37.3 Å². The number of likely N-dealkylation sites (tertiary alicyclic amines) is 1. The number of carbonyl (C=O) groups is 2. The van der Waals surface area contributed by atoms with Crippen LogP contribution in [-0.4, -0.2) is 40.8 Å². The fourth-order valence-corrected chi connectivity index (χ4v) is 3.54. The van der Waals surface area contributed by atoms with Crippen LogP contribution < -0.4 is 5.32 Å². The number of aromatic nitrogens is 1. The molecule has 1 fully saturated rings. The number of rotatable bonds is 3. The zero-order chi connectivity index (χ0) is 18.8. The molecule has 6 nitrogen and oxygen atoms in total. The van der Waals surface area contributed by atoms with Crippen molar-refractivity contribution in [2.24, 2.45) is 0 Å². The van der Waals surface area contributed by atoms with Crippen molar-refractivity contribution in [1.29, 1.82) is 0 Å². The van der Waals surface area contributed by atoms with Gasteiger partial charge in [-0.2, -0.15) is 0 Å². The Morgan fingerprint density at radius 3 is 2.67 bits per heavy atom. The molecule has 0 bridgehead atoms. The summed E-state index contributed by atoms with van der Waals surface area (Å²) >= 11 is 0. The summed E-state index contributed by atoms with van der Waals surface area (Å²) < 4.78 is 5.18. The molecule has 3 heterocycles. The molecule has 4 rings (SSSR count). The number of para-hydroxylation sites is 1. The van der Waals surface area contributed by atoms with Gasteiger partial charge in [-0.05, 0) is 44.0 Å². The van der Waals surface area contributed by atoms with E-state index < -0.39 is 0 Å². The van der Waals surface area contributed by atoms with Crippen LogP contribution in [0.3, 0.4) is 0 Å². The van der Waals surface area contributed by atoms with Crippen LogP contribution in [-0.2, 0) is 0 Å². The highest BCUT2D eigenvalue weighted by Crippen LogP contribution is 2.20. The Labute approximate surface area is 157 Å². The Morgan fingerprint density at radius 1 is 1.15 bits per heavy atom. The van der Waals surface area contributed by atoms with Gasteiger partial charge in [0.2, 0.25) is 0 Å². The number of hydrogen-bond acceptors (Lipinski definition) is 4. The first-order chi connectivity index (χ1) is 13.1. The molecule has 1 aliphatic rings. The van der Waals surface area contributed by atoms with Gasteiger partial charge in [-0.3, -0.25) is 14.6 Å². The van der Waals surface area contributed by atoms with Gasteiger partial charge in [0.15, 0.2) is 5.76 Å². The van der Waals surface area contributed by atoms with Crippen LogP contribution in [0.5, 0.6) is 0 Å². The van der Waals surface area contributed by atoms with E-state index >= 15 is 0 Å². The zero-order valence-electron chi connectivity index (χ0n) is 15.1. The van der Waals surface area contributed by atoms with Gasteiger partial charge in [0, 0.05) is 30.2 Å². The molecule has 0 spiro atoms. The molecule has 0 unspecified atom stereocenters. The second-order valence-electron chi connectivity index (χ2n) is 6.85. The number of nitrogens with zero attached hydrogens (tertiary/aromatic N) is 2. The van der Waals surface area contributed by atoms with Crippen molar-refractivity contribution in [1.82, 2.24) is 15.2 Å². The second-order valence-corrected chi connectivity index (χ2v) is 6.85. The Kier molecular flexibility index (Phi) is 4.62. The van der Waals surface area contributed by atoms with Gasteiger partial charge in [-0.1, -0.05) is 18.2 Å². The average molecular weight is 363 g/mol. The van der Waals surface area contributed by atoms with Gasteiger partial charge in [0.05, 0.1) is 17.3 Å². The first-order valence-electron chi connectivity index (χ1n) is 9.12. The lowest BCUT2D eigenvalue weighted by atomic mass is 10.0. The van der Waals surface area contributed by atoms with Gasteiger partial charge in [0.25, 0.3) is 11.8 Å².